The maximum absolute atomic E-state index is 5.49. The first kappa shape index (κ1) is 40.1. The van der Waals surface area contributed by atoms with Gasteiger partial charge >= 0.3 is 0 Å². The largest absolute Gasteiger partial charge is 0.310 e. The Balaban J connectivity index is 0.942. The lowest BCUT2D eigenvalue weighted by molar-refractivity contribution is 1.18. The number of hydrogen-bond donors (Lipinski definition) is 0. The number of benzene rings is 11. The van der Waals surface area contributed by atoms with Gasteiger partial charge in [0.15, 0.2) is 5.82 Å². The van der Waals surface area contributed by atoms with Crippen molar-refractivity contribution in [2.75, 3.05) is 4.90 Å². The summed E-state index contributed by atoms with van der Waals surface area (Å²) in [6.45, 7) is 0. The zero-order chi connectivity index (χ0) is 45.7. The molecule has 0 aliphatic heterocycles. The molecule has 0 saturated heterocycles. The third-order valence-electron chi connectivity index (χ3n) is 13.4. The number of pyridine rings is 1. The van der Waals surface area contributed by atoms with Crippen molar-refractivity contribution >= 4 is 71.1 Å². The summed E-state index contributed by atoms with van der Waals surface area (Å²) in [5.41, 5.74) is 13.2. The number of nitrogens with zero attached hydrogens (tertiary/aromatic N) is 4. The van der Waals surface area contributed by atoms with E-state index in [1.165, 1.54) is 43.3 Å². The Hall–Kier alpha value is -9.25. The highest BCUT2D eigenvalue weighted by Crippen LogP contribution is 2.42. The van der Waals surface area contributed by atoms with Crippen LogP contribution in [0.4, 0.5) is 17.1 Å². The smallest absolute Gasteiger partial charge is 0.160 e. The number of aromatic nitrogens is 3. The van der Waals surface area contributed by atoms with Gasteiger partial charge in [0.1, 0.15) is 0 Å². The van der Waals surface area contributed by atoms with E-state index in [0.29, 0.717) is 5.82 Å². The number of anilines is 3. The van der Waals surface area contributed by atoms with Crippen molar-refractivity contribution < 1.29 is 0 Å². The predicted molar refractivity (Wildman–Crippen MR) is 289 cm³/mol. The summed E-state index contributed by atoms with van der Waals surface area (Å²) in [6, 6.07) is 90.6. The van der Waals surface area contributed by atoms with Crippen molar-refractivity contribution in [1.29, 1.82) is 0 Å². The molecule has 0 radical (unpaired) electrons. The topological polar surface area (TPSA) is 41.9 Å². The molecule has 0 amide bonds. The van der Waals surface area contributed by atoms with Crippen molar-refractivity contribution in [2.45, 2.75) is 0 Å². The Labute approximate surface area is 400 Å². The molecule has 11 aromatic carbocycles. The summed E-state index contributed by atoms with van der Waals surface area (Å²) < 4.78 is 0. The third kappa shape index (κ3) is 7.41. The fraction of sp³-hybridized carbons (Fsp3) is 0. The molecule has 0 N–H and O–H groups in total. The molecule has 13 aromatic rings. The molecule has 0 fully saturated rings. The van der Waals surface area contributed by atoms with Gasteiger partial charge in [-0.05, 0) is 98.0 Å². The molecular weight excluding hydrogens is 837 g/mol. The van der Waals surface area contributed by atoms with Gasteiger partial charge in [0.05, 0.1) is 22.6 Å². The van der Waals surface area contributed by atoms with E-state index < -0.39 is 0 Å². The minimum atomic E-state index is 0.679. The Morgan fingerprint density at radius 1 is 0.261 bits per heavy atom. The lowest BCUT2D eigenvalue weighted by Gasteiger charge is -2.26. The highest BCUT2D eigenvalue weighted by atomic mass is 15.1. The average Bonchev–Trinajstić information content (AvgIpc) is 3.43. The van der Waals surface area contributed by atoms with Crippen molar-refractivity contribution in [1.82, 2.24) is 15.0 Å². The van der Waals surface area contributed by atoms with Gasteiger partial charge in [-0.25, -0.2) is 15.0 Å². The molecule has 0 spiro atoms. The van der Waals surface area contributed by atoms with Gasteiger partial charge in [-0.3, -0.25) is 0 Å². The molecule has 0 atom stereocenters. The summed E-state index contributed by atoms with van der Waals surface area (Å²) in [6.07, 6.45) is 0. The van der Waals surface area contributed by atoms with E-state index in [0.717, 1.165) is 78.3 Å². The van der Waals surface area contributed by atoms with E-state index >= 15 is 0 Å². The molecule has 0 saturated carbocycles. The minimum Gasteiger partial charge on any atom is -0.310 e. The van der Waals surface area contributed by atoms with Gasteiger partial charge in [-0.1, -0.05) is 200 Å². The molecular formula is C65H42N4. The van der Waals surface area contributed by atoms with Crippen LogP contribution >= 0.6 is 0 Å². The van der Waals surface area contributed by atoms with E-state index in [1.807, 2.05) is 12.1 Å². The molecule has 69 heavy (non-hydrogen) atoms. The summed E-state index contributed by atoms with van der Waals surface area (Å²) in [5, 5.41) is 10.5. The molecule has 4 nitrogen and oxygen atoms in total. The van der Waals surface area contributed by atoms with Crippen LogP contribution in [-0.2, 0) is 0 Å². The second-order valence-electron chi connectivity index (χ2n) is 17.6. The maximum Gasteiger partial charge on any atom is 0.160 e. The van der Waals surface area contributed by atoms with Crippen LogP contribution in [0.25, 0.3) is 110 Å². The van der Waals surface area contributed by atoms with Crippen LogP contribution in [0.1, 0.15) is 0 Å². The second kappa shape index (κ2) is 16.9. The summed E-state index contributed by atoms with van der Waals surface area (Å²) in [4.78, 5) is 18.3. The van der Waals surface area contributed by atoms with Crippen LogP contribution in [0.15, 0.2) is 255 Å². The summed E-state index contributed by atoms with van der Waals surface area (Å²) in [5.74, 6) is 0.679. The average molecular weight is 879 g/mol. The second-order valence-corrected chi connectivity index (χ2v) is 17.6. The maximum atomic E-state index is 5.49. The number of hydrogen-bond acceptors (Lipinski definition) is 4. The van der Waals surface area contributed by atoms with Gasteiger partial charge in [-0.2, -0.15) is 0 Å². The Morgan fingerprint density at radius 2 is 0.754 bits per heavy atom. The Bertz CT molecular complexity index is 3980. The van der Waals surface area contributed by atoms with Crippen LogP contribution < -0.4 is 4.90 Å². The highest BCUT2D eigenvalue weighted by molar-refractivity contribution is 6.23. The fourth-order valence-corrected chi connectivity index (χ4v) is 9.92. The van der Waals surface area contributed by atoms with Crippen LogP contribution in [0.5, 0.6) is 0 Å². The van der Waals surface area contributed by atoms with Gasteiger partial charge in [0.2, 0.25) is 0 Å². The van der Waals surface area contributed by atoms with E-state index in [2.05, 4.69) is 248 Å². The fourth-order valence-electron chi connectivity index (χ4n) is 9.92. The van der Waals surface area contributed by atoms with Gasteiger partial charge in [0, 0.05) is 55.5 Å². The van der Waals surface area contributed by atoms with E-state index in [4.69, 9.17) is 15.0 Å². The Morgan fingerprint density at radius 3 is 1.42 bits per heavy atom. The molecule has 13 rings (SSSR count). The van der Waals surface area contributed by atoms with E-state index in [9.17, 15) is 0 Å². The Kier molecular flexibility index (Phi) is 9.80. The lowest BCUT2D eigenvalue weighted by atomic mass is 9.94. The number of fused-ring (bicyclic) bond motifs is 7. The minimum absolute atomic E-state index is 0.679. The molecule has 4 heteroatoms. The predicted octanol–water partition coefficient (Wildman–Crippen LogP) is 17.4. The van der Waals surface area contributed by atoms with Crippen LogP contribution in [0.2, 0.25) is 0 Å². The molecule has 322 valence electrons. The monoisotopic (exact) mass is 878 g/mol. The number of rotatable bonds is 8. The molecule has 0 unspecified atom stereocenters. The van der Waals surface area contributed by atoms with Crippen LogP contribution in [0.3, 0.4) is 0 Å². The first-order valence-corrected chi connectivity index (χ1v) is 23.4. The molecule has 0 aliphatic carbocycles. The normalized spacial score (nSPS) is 11.5. The SMILES string of the molecule is c1ccc(-c2ccc(-c3nc(-c4ccccc4)cc(-c4ccc5nc(-c6ccc(N(c7ccc8ccccc8c7)c7ccc8ccccc8c7)cc6)c6ccc7ccccc7c6c5c4)n3)cc2)cc1. The summed E-state index contributed by atoms with van der Waals surface area (Å²) >= 11 is 0. The van der Waals surface area contributed by atoms with Crippen LogP contribution in [0, 0.1) is 0 Å². The first-order valence-electron chi connectivity index (χ1n) is 23.4. The lowest BCUT2D eigenvalue weighted by Crippen LogP contribution is -2.10. The van der Waals surface area contributed by atoms with Crippen LogP contribution in [-0.4, -0.2) is 15.0 Å². The molecule has 0 aliphatic rings. The van der Waals surface area contributed by atoms with E-state index in [1.54, 1.807) is 0 Å². The quantitative estimate of drug-likeness (QED) is 0.143. The molecule has 0 bridgehead atoms. The van der Waals surface area contributed by atoms with Gasteiger partial charge in [-0.15, -0.1) is 0 Å². The van der Waals surface area contributed by atoms with Crippen molar-refractivity contribution in [2.24, 2.45) is 0 Å². The molecule has 2 aromatic heterocycles. The first-order chi connectivity index (χ1) is 34.2. The standard InChI is InChI=1S/C65H42N4/c1-3-13-43(14-4-1)46-23-25-50(26-24-46)65-67-61(48-18-5-2-6-19-48)42-62(68-65)53-32-38-60-59(41-53)63-57-22-12-11-17-47(57)31-37-58(63)64(66-60)49-29-33-54(34-30-49)69(55-35-27-44-15-7-9-20-51(44)39-55)56-36-28-45-16-8-10-21-52(45)40-56/h1-42H. The zero-order valence-electron chi connectivity index (χ0n) is 37.5. The van der Waals surface area contributed by atoms with Crippen molar-refractivity contribution in [3.05, 3.63) is 255 Å². The van der Waals surface area contributed by atoms with Crippen molar-refractivity contribution in [3.63, 3.8) is 0 Å². The van der Waals surface area contributed by atoms with Crippen molar-refractivity contribution in [3.8, 4) is 56.3 Å². The van der Waals surface area contributed by atoms with Gasteiger partial charge in [0.25, 0.3) is 0 Å². The zero-order valence-corrected chi connectivity index (χ0v) is 37.5. The van der Waals surface area contributed by atoms with Gasteiger partial charge < -0.3 is 4.90 Å². The third-order valence-corrected chi connectivity index (χ3v) is 13.4. The molecule has 2 heterocycles. The van der Waals surface area contributed by atoms with E-state index in [-0.39, 0.29) is 0 Å². The highest BCUT2D eigenvalue weighted by Gasteiger charge is 2.19. The summed E-state index contributed by atoms with van der Waals surface area (Å²) in [7, 11) is 0.